The minimum atomic E-state index is -0.113. The van der Waals surface area contributed by atoms with Crippen LogP contribution in [0.4, 0.5) is 0 Å². The van der Waals surface area contributed by atoms with Crippen molar-refractivity contribution in [1.29, 1.82) is 0 Å². The number of nitrogens with zero attached hydrogens (tertiary/aromatic N) is 3. The SMILES string of the molecule is C[C@H]1SC2C(c3nc(-c4ccccc4)nc(-c4ccccc4)n3)=CC1C1C3OC4CCCCC4OC3C3OC4CCCCC4OC3C21. The predicted octanol–water partition coefficient (Wildman–Crippen LogP) is 7.16. The summed E-state index contributed by atoms with van der Waals surface area (Å²) in [7, 11) is 0. The average molecular weight is 650 g/mol. The number of fused-ring (bicyclic) bond motifs is 6. The summed E-state index contributed by atoms with van der Waals surface area (Å²) in [6, 6.07) is 20.6. The second-order valence-corrected chi connectivity index (χ2v) is 16.3. The van der Waals surface area contributed by atoms with Crippen LogP contribution in [0.5, 0.6) is 0 Å². The Bertz CT molecular complexity index is 1600. The van der Waals surface area contributed by atoms with E-state index in [4.69, 9.17) is 33.9 Å². The van der Waals surface area contributed by atoms with Crippen molar-refractivity contribution in [2.45, 2.75) is 118 Å². The van der Waals surface area contributed by atoms with Crippen LogP contribution in [-0.4, -0.2) is 74.3 Å². The molecule has 2 bridgehead atoms. The van der Waals surface area contributed by atoms with Crippen molar-refractivity contribution in [1.82, 2.24) is 15.0 Å². The van der Waals surface area contributed by atoms with Gasteiger partial charge in [-0.25, -0.2) is 15.0 Å². The molecule has 47 heavy (non-hydrogen) atoms. The summed E-state index contributed by atoms with van der Waals surface area (Å²) in [6.07, 6.45) is 12.2. The van der Waals surface area contributed by atoms with E-state index in [-0.39, 0.29) is 60.0 Å². The van der Waals surface area contributed by atoms with Gasteiger partial charge in [0.15, 0.2) is 17.5 Å². The van der Waals surface area contributed by atoms with Crippen molar-refractivity contribution in [3.05, 3.63) is 72.6 Å². The van der Waals surface area contributed by atoms with Crippen LogP contribution in [0.1, 0.15) is 64.1 Å². The third kappa shape index (κ3) is 4.88. The van der Waals surface area contributed by atoms with Crippen molar-refractivity contribution >= 4 is 17.3 Å². The first-order valence-corrected chi connectivity index (χ1v) is 19.0. The fraction of sp³-hybridized carbons (Fsp3) is 0.564. The summed E-state index contributed by atoms with van der Waals surface area (Å²) >= 11 is 2.07. The molecule has 4 aliphatic carbocycles. The lowest BCUT2D eigenvalue weighted by molar-refractivity contribution is -0.350. The van der Waals surface area contributed by atoms with Gasteiger partial charge in [0.05, 0.1) is 36.6 Å². The highest BCUT2D eigenvalue weighted by Gasteiger charge is 2.66. The van der Waals surface area contributed by atoms with Crippen LogP contribution >= 0.6 is 11.8 Å². The van der Waals surface area contributed by atoms with E-state index in [0.29, 0.717) is 28.7 Å². The third-order valence-electron chi connectivity index (χ3n) is 12.1. The summed E-state index contributed by atoms with van der Waals surface area (Å²) in [5.74, 6) is 3.04. The van der Waals surface area contributed by atoms with Crippen LogP contribution in [0, 0.1) is 17.8 Å². The molecule has 0 radical (unpaired) electrons. The maximum absolute atomic E-state index is 7.25. The number of rotatable bonds is 3. The van der Waals surface area contributed by atoms with E-state index < -0.39 is 0 Å². The molecule has 0 amide bonds. The molecule has 1 aromatic heterocycles. The molecule has 4 aliphatic heterocycles. The molecule has 6 fully saturated rings. The number of ether oxygens (including phenoxy) is 4. The molecule has 8 heteroatoms. The molecule has 2 aromatic carbocycles. The number of thioether (sulfide) groups is 1. The van der Waals surface area contributed by atoms with E-state index in [9.17, 15) is 0 Å². The van der Waals surface area contributed by atoms with Crippen LogP contribution in [0.15, 0.2) is 66.7 Å². The van der Waals surface area contributed by atoms with Crippen molar-refractivity contribution < 1.29 is 18.9 Å². The maximum Gasteiger partial charge on any atom is 0.164 e. The lowest BCUT2D eigenvalue weighted by atomic mass is 9.59. The van der Waals surface area contributed by atoms with Crippen LogP contribution in [0.2, 0.25) is 0 Å². The molecule has 5 heterocycles. The Kier molecular flexibility index (Phi) is 7.34. The van der Waals surface area contributed by atoms with Crippen LogP contribution in [0.3, 0.4) is 0 Å². The van der Waals surface area contributed by atoms with Gasteiger partial charge in [-0.3, -0.25) is 0 Å². The second-order valence-electron chi connectivity index (χ2n) is 14.8. The van der Waals surface area contributed by atoms with Crippen LogP contribution in [0.25, 0.3) is 28.3 Å². The van der Waals surface area contributed by atoms with Gasteiger partial charge in [0, 0.05) is 39.0 Å². The normalized spacial score (nSPS) is 41.8. The second kappa shape index (κ2) is 11.8. The summed E-state index contributed by atoms with van der Waals surface area (Å²) in [4.78, 5) is 15.4. The molecule has 12 unspecified atom stereocenters. The van der Waals surface area contributed by atoms with Crippen LogP contribution < -0.4 is 0 Å². The largest absolute Gasteiger partial charge is 0.369 e. The number of hydrogen-bond donors (Lipinski definition) is 0. The van der Waals surface area contributed by atoms with E-state index in [1.807, 2.05) is 36.4 Å². The lowest BCUT2D eigenvalue weighted by Crippen LogP contribution is -2.73. The van der Waals surface area contributed by atoms with Crippen molar-refractivity contribution in [3.63, 3.8) is 0 Å². The quantitative estimate of drug-likeness (QED) is 0.296. The minimum Gasteiger partial charge on any atom is -0.369 e. The van der Waals surface area contributed by atoms with Gasteiger partial charge >= 0.3 is 0 Å². The fourth-order valence-electron chi connectivity index (χ4n) is 10.00. The van der Waals surface area contributed by atoms with Gasteiger partial charge in [0.25, 0.3) is 0 Å². The molecule has 11 rings (SSSR count). The molecule has 3 aromatic rings. The first-order valence-electron chi connectivity index (χ1n) is 18.1. The molecule has 0 spiro atoms. The van der Waals surface area contributed by atoms with Gasteiger partial charge in [0.1, 0.15) is 12.2 Å². The van der Waals surface area contributed by atoms with Gasteiger partial charge < -0.3 is 18.9 Å². The van der Waals surface area contributed by atoms with E-state index in [2.05, 4.69) is 49.0 Å². The van der Waals surface area contributed by atoms with Gasteiger partial charge in [-0.15, -0.1) is 11.8 Å². The number of allylic oxidation sites excluding steroid dienone is 1. The van der Waals surface area contributed by atoms with E-state index in [1.165, 1.54) is 31.3 Å². The third-order valence-corrected chi connectivity index (χ3v) is 13.7. The summed E-state index contributed by atoms with van der Waals surface area (Å²) in [5, 5.41) is 0.616. The van der Waals surface area contributed by atoms with Crippen molar-refractivity contribution in [2.24, 2.45) is 17.8 Å². The molecule has 13 atom stereocenters. The lowest BCUT2D eigenvalue weighted by Gasteiger charge is -2.64. The van der Waals surface area contributed by atoms with Crippen molar-refractivity contribution in [3.8, 4) is 22.8 Å². The highest BCUT2D eigenvalue weighted by Crippen LogP contribution is 2.61. The van der Waals surface area contributed by atoms with Gasteiger partial charge in [-0.2, -0.15) is 0 Å². The molecular formula is C39H43N3O4S. The standard InChI is InChI=1S/C39H43N3O4S/c1-21-24-20-25(39-41-37(22-12-4-2-5-13-22)40-38(42-39)23-14-6-3-7-15-23)36(47-21)31-30(24)32-34(45-28-18-10-8-16-26(28)43-32)35-33(31)44-27-17-9-11-19-29(27)46-35/h2-7,12-15,20-21,24,26-36H,8-11,16-19H2,1H3/t21-,24?,26?,27?,28?,29?,30?,31?,32?,33?,34?,35?,36?/m1/s1. The van der Waals surface area contributed by atoms with Gasteiger partial charge in [-0.05, 0) is 31.6 Å². The van der Waals surface area contributed by atoms with E-state index in [0.717, 1.165) is 42.6 Å². The Labute approximate surface area is 281 Å². The summed E-state index contributed by atoms with van der Waals surface area (Å²) in [5.41, 5.74) is 3.21. The zero-order valence-corrected chi connectivity index (χ0v) is 27.7. The number of hydrogen-bond acceptors (Lipinski definition) is 8. The topological polar surface area (TPSA) is 75.6 Å². The monoisotopic (exact) mass is 649 g/mol. The van der Waals surface area contributed by atoms with Crippen molar-refractivity contribution in [2.75, 3.05) is 0 Å². The molecule has 3 saturated heterocycles. The van der Waals surface area contributed by atoms with Gasteiger partial charge in [-0.1, -0.05) is 99.3 Å². The van der Waals surface area contributed by atoms with Gasteiger partial charge in [0.2, 0.25) is 0 Å². The Hall–Kier alpha value is -2.62. The average Bonchev–Trinajstić information content (AvgIpc) is 3.14. The Balaban J connectivity index is 1.09. The maximum atomic E-state index is 7.25. The first-order chi connectivity index (χ1) is 23.2. The predicted molar refractivity (Wildman–Crippen MR) is 182 cm³/mol. The summed E-state index contributed by atoms with van der Waals surface area (Å²) in [6.45, 7) is 2.40. The first kappa shape index (κ1) is 29.3. The number of benzene rings is 2. The van der Waals surface area contributed by atoms with E-state index >= 15 is 0 Å². The zero-order chi connectivity index (χ0) is 31.1. The Morgan fingerprint density at radius 1 is 0.553 bits per heavy atom. The molecular weight excluding hydrogens is 607 g/mol. The highest BCUT2D eigenvalue weighted by molar-refractivity contribution is 8.01. The summed E-state index contributed by atoms with van der Waals surface area (Å²) < 4.78 is 28.7. The van der Waals surface area contributed by atoms with Crippen LogP contribution in [-0.2, 0) is 18.9 Å². The fourth-order valence-corrected chi connectivity index (χ4v) is 11.7. The van der Waals surface area contributed by atoms with E-state index in [1.54, 1.807) is 0 Å². The highest BCUT2D eigenvalue weighted by atomic mass is 32.2. The molecule has 7 nitrogen and oxygen atoms in total. The molecule has 8 aliphatic rings. The Morgan fingerprint density at radius 2 is 1.00 bits per heavy atom. The Morgan fingerprint density at radius 3 is 1.51 bits per heavy atom. The molecule has 0 N–H and O–H groups in total. The molecule has 3 saturated carbocycles. The molecule has 244 valence electrons. The zero-order valence-electron chi connectivity index (χ0n) is 26.9. The number of aromatic nitrogens is 3. The minimum absolute atomic E-state index is 0.0103. The smallest absolute Gasteiger partial charge is 0.164 e.